The summed E-state index contributed by atoms with van der Waals surface area (Å²) >= 11 is 0. The fraction of sp³-hybridized carbons (Fsp3) is 0.477. The second kappa shape index (κ2) is 15.3. The van der Waals surface area contributed by atoms with Gasteiger partial charge in [-0.25, -0.2) is 18.2 Å². The molecule has 0 bridgehead atoms. The fourth-order valence-corrected chi connectivity index (χ4v) is 9.72. The summed E-state index contributed by atoms with van der Waals surface area (Å²) in [6.07, 6.45) is 5.52. The highest BCUT2D eigenvalue weighted by Crippen LogP contribution is 2.46. The Morgan fingerprint density at radius 1 is 0.885 bits per heavy atom. The van der Waals surface area contributed by atoms with Crippen LogP contribution in [0, 0.1) is 17.7 Å². The molecule has 320 valence electrons. The van der Waals surface area contributed by atoms with Crippen molar-refractivity contribution in [1.82, 2.24) is 29.5 Å². The van der Waals surface area contributed by atoms with Crippen LogP contribution in [0.25, 0.3) is 21.8 Å². The van der Waals surface area contributed by atoms with E-state index < -0.39 is 35.9 Å². The zero-order valence-corrected chi connectivity index (χ0v) is 34.2. The second-order valence-corrected chi connectivity index (χ2v) is 17.4. The summed E-state index contributed by atoms with van der Waals surface area (Å²) in [5.41, 5.74) is 3.87. The first-order chi connectivity index (χ1) is 29.4. The molecular weight excluding hydrogens is 790 g/mol. The van der Waals surface area contributed by atoms with Crippen LogP contribution in [0.4, 0.5) is 41.7 Å². The van der Waals surface area contributed by atoms with Gasteiger partial charge in [0.25, 0.3) is 5.56 Å². The number of carbonyl (C=O) groups is 2. The number of nitrogens with one attached hydrogen (secondary N) is 3. The zero-order chi connectivity index (χ0) is 42.2. The van der Waals surface area contributed by atoms with Gasteiger partial charge in [-0.2, -0.15) is 5.10 Å². The summed E-state index contributed by atoms with van der Waals surface area (Å²) < 4.78 is 54.3. The lowest BCUT2D eigenvalue weighted by Crippen LogP contribution is -2.49. The lowest BCUT2D eigenvalue weighted by Gasteiger charge is -2.39. The molecule has 10 rings (SSSR count). The van der Waals surface area contributed by atoms with Crippen molar-refractivity contribution >= 4 is 62.2 Å². The number of carbonyl (C=O) groups excluding carboxylic acids is 2. The number of pyridine rings is 2. The average molecular weight is 839 g/mol. The molecule has 7 heterocycles. The number of fused-ring (bicyclic) bond motifs is 4. The largest absolute Gasteiger partial charge is 0.480 e. The number of nitrogens with zero attached hydrogens (tertiary/aromatic N) is 7. The smallest absolute Gasteiger partial charge is 0.301 e. The first kappa shape index (κ1) is 39.3. The maximum atomic E-state index is 15.3. The Bertz CT molecular complexity index is 2610. The Morgan fingerprint density at radius 2 is 1.67 bits per heavy atom. The molecular formula is C44H49F3N10O4. The van der Waals surface area contributed by atoms with Gasteiger partial charge >= 0.3 is 5.92 Å². The van der Waals surface area contributed by atoms with Crippen molar-refractivity contribution in [2.24, 2.45) is 25.9 Å². The van der Waals surface area contributed by atoms with Crippen LogP contribution in [0.2, 0.25) is 0 Å². The van der Waals surface area contributed by atoms with Crippen molar-refractivity contribution in [2.45, 2.75) is 56.4 Å². The summed E-state index contributed by atoms with van der Waals surface area (Å²) in [6, 6.07) is 12.1. The van der Waals surface area contributed by atoms with E-state index in [0.29, 0.717) is 54.0 Å². The molecule has 1 saturated carbocycles. The molecule has 0 radical (unpaired) electrons. The van der Waals surface area contributed by atoms with E-state index in [2.05, 4.69) is 53.8 Å². The fourth-order valence-electron chi connectivity index (χ4n) is 9.72. The molecule has 2 aromatic carbocycles. The molecule has 0 spiro atoms. The topological polar surface area (TPSA) is 142 Å². The van der Waals surface area contributed by atoms with E-state index in [1.807, 2.05) is 11.7 Å². The summed E-state index contributed by atoms with van der Waals surface area (Å²) in [4.78, 5) is 49.0. The first-order valence-electron chi connectivity index (χ1n) is 21.3. The van der Waals surface area contributed by atoms with Gasteiger partial charge in [0.2, 0.25) is 17.6 Å². The SMILES string of the molecule is Cn1nc(C2CCC(=O)NC2=O)c2ccc(N3CCC(CN4CCN(c5cc(Nc6ccc7c(c6)c6c(c(=O)n7C)OCC(F)(F)[C@H](C7CC7)N6)c(F)cn5)CC4)CC3)cc21. The number of hydrogen-bond acceptors (Lipinski definition) is 11. The van der Waals surface area contributed by atoms with Crippen LogP contribution in [-0.2, 0) is 23.7 Å². The Morgan fingerprint density at radius 3 is 2.43 bits per heavy atom. The molecule has 4 fully saturated rings. The molecule has 14 nitrogen and oxygen atoms in total. The summed E-state index contributed by atoms with van der Waals surface area (Å²) in [7, 11) is 3.48. The van der Waals surface area contributed by atoms with Gasteiger partial charge in [0.15, 0.2) is 12.4 Å². The minimum Gasteiger partial charge on any atom is -0.480 e. The van der Waals surface area contributed by atoms with Gasteiger partial charge in [-0.3, -0.25) is 29.3 Å². The maximum Gasteiger partial charge on any atom is 0.301 e. The molecule has 4 aliphatic heterocycles. The van der Waals surface area contributed by atoms with E-state index in [0.717, 1.165) is 80.9 Å². The van der Waals surface area contributed by atoms with Crippen molar-refractivity contribution in [2.75, 3.05) is 72.9 Å². The van der Waals surface area contributed by atoms with Crippen LogP contribution < -0.4 is 36.0 Å². The molecule has 3 N–H and O–H groups in total. The molecule has 61 heavy (non-hydrogen) atoms. The Hall–Kier alpha value is -5.84. The third-order valence-corrected chi connectivity index (χ3v) is 13.4. The second-order valence-electron chi connectivity index (χ2n) is 17.4. The number of ether oxygens (including phenoxy) is 1. The number of anilines is 5. The van der Waals surface area contributed by atoms with Gasteiger partial charge in [-0.15, -0.1) is 0 Å². The van der Waals surface area contributed by atoms with Crippen LogP contribution in [0.5, 0.6) is 5.75 Å². The third-order valence-electron chi connectivity index (χ3n) is 13.4. The molecule has 5 aromatic rings. The number of piperidine rings is 2. The lowest BCUT2D eigenvalue weighted by molar-refractivity contribution is -0.134. The zero-order valence-electron chi connectivity index (χ0n) is 34.2. The first-order valence-corrected chi connectivity index (χ1v) is 21.3. The highest BCUT2D eigenvalue weighted by Gasteiger charge is 2.51. The van der Waals surface area contributed by atoms with E-state index >= 15 is 13.2 Å². The number of aromatic nitrogens is 4. The summed E-state index contributed by atoms with van der Waals surface area (Å²) in [6.45, 7) is 5.24. The van der Waals surface area contributed by atoms with Crippen LogP contribution in [0.15, 0.2) is 53.5 Å². The standard InChI is InChI=1S/C44H49F3N10O4/c1-53-34-9-5-27(19-31(34)39-40(43(53)60)61-24-44(46,47)41(51-39)26-3-4-26)49-33-21-36(48-22-32(33)45)57-17-15-55(16-18-57)23-25-11-13-56(14-12-25)28-6-7-29-35(20-28)54(2)52-38(29)30-8-10-37(58)50-42(30)59/h5-7,9,19-22,25-26,30,41,51H,3-4,8,10-18,23-24H2,1-2H3,(H,48,49)(H,50,58,59)/t30?,41-/m0/s1. The quantitative estimate of drug-likeness (QED) is 0.171. The van der Waals surface area contributed by atoms with Crippen LogP contribution in [0.1, 0.15) is 50.1 Å². The number of imide groups is 1. The van der Waals surface area contributed by atoms with Gasteiger partial charge < -0.3 is 29.7 Å². The number of piperazine rings is 1. The van der Waals surface area contributed by atoms with Crippen LogP contribution in [-0.4, -0.2) is 100 Å². The Balaban J connectivity index is 0.763. The highest BCUT2D eigenvalue weighted by atomic mass is 19.3. The molecule has 3 saturated heterocycles. The van der Waals surface area contributed by atoms with Crippen molar-refractivity contribution in [3.8, 4) is 5.75 Å². The lowest BCUT2D eigenvalue weighted by atomic mass is 9.92. The van der Waals surface area contributed by atoms with Gasteiger partial charge in [0, 0.05) is 94.5 Å². The molecule has 3 aromatic heterocycles. The van der Waals surface area contributed by atoms with E-state index in [1.54, 1.807) is 31.3 Å². The van der Waals surface area contributed by atoms with Gasteiger partial charge in [0.05, 0.1) is 46.3 Å². The van der Waals surface area contributed by atoms with Crippen LogP contribution >= 0.6 is 0 Å². The number of benzene rings is 2. The molecule has 1 aliphatic carbocycles. The van der Waals surface area contributed by atoms with E-state index in [1.165, 1.54) is 10.8 Å². The predicted molar refractivity (Wildman–Crippen MR) is 227 cm³/mol. The molecule has 5 aliphatic rings. The Kier molecular flexibility index (Phi) is 9.83. The van der Waals surface area contributed by atoms with E-state index in [9.17, 15) is 14.4 Å². The maximum absolute atomic E-state index is 15.3. The minimum absolute atomic E-state index is 0.138. The number of aryl methyl sites for hydroxylation is 2. The summed E-state index contributed by atoms with van der Waals surface area (Å²) in [5, 5.41) is 14.8. The molecule has 17 heteroatoms. The van der Waals surface area contributed by atoms with Crippen molar-refractivity contribution in [1.29, 1.82) is 0 Å². The predicted octanol–water partition coefficient (Wildman–Crippen LogP) is 5.48. The highest BCUT2D eigenvalue weighted by molar-refractivity contribution is 6.03. The normalized spacial score (nSPS) is 22.4. The number of amides is 2. The van der Waals surface area contributed by atoms with Crippen molar-refractivity contribution < 1.29 is 27.5 Å². The van der Waals surface area contributed by atoms with Crippen molar-refractivity contribution in [3.05, 3.63) is 70.5 Å². The number of rotatable bonds is 8. The van der Waals surface area contributed by atoms with E-state index in [4.69, 9.17) is 9.84 Å². The third kappa shape index (κ3) is 7.39. The molecule has 2 amide bonds. The Labute approximate surface area is 350 Å². The van der Waals surface area contributed by atoms with Crippen molar-refractivity contribution in [3.63, 3.8) is 0 Å². The minimum atomic E-state index is -3.15. The molecule has 2 atom stereocenters. The van der Waals surface area contributed by atoms with Crippen LogP contribution in [0.3, 0.4) is 0 Å². The number of hydrogen-bond donors (Lipinski definition) is 3. The monoisotopic (exact) mass is 838 g/mol. The van der Waals surface area contributed by atoms with Gasteiger partial charge in [-0.05, 0) is 80.3 Å². The molecule has 1 unspecified atom stereocenters. The van der Waals surface area contributed by atoms with E-state index in [-0.39, 0.29) is 34.9 Å². The summed E-state index contributed by atoms with van der Waals surface area (Å²) in [5.74, 6) is -3.73. The van der Waals surface area contributed by atoms with Gasteiger partial charge in [-0.1, -0.05) is 0 Å². The average Bonchev–Trinajstić information content (AvgIpc) is 4.06. The van der Waals surface area contributed by atoms with Gasteiger partial charge in [0.1, 0.15) is 5.82 Å². The number of halogens is 3. The number of alkyl halides is 2.